The third-order valence-electron chi connectivity index (χ3n) is 7.15. The Bertz CT molecular complexity index is 1440. The minimum absolute atomic E-state index is 0.0198. The van der Waals surface area contributed by atoms with Crippen molar-refractivity contribution >= 4 is 34.0 Å². The van der Waals surface area contributed by atoms with Gasteiger partial charge in [0.2, 0.25) is 0 Å². The van der Waals surface area contributed by atoms with Gasteiger partial charge in [-0.3, -0.25) is 9.48 Å². The maximum absolute atomic E-state index is 13.6. The van der Waals surface area contributed by atoms with E-state index in [1.165, 1.54) is 15.3 Å². The molecule has 34 heavy (non-hydrogen) atoms. The predicted molar refractivity (Wildman–Crippen MR) is 134 cm³/mol. The number of hydrogen-bond acceptors (Lipinski definition) is 6. The van der Waals surface area contributed by atoms with Crippen LogP contribution < -0.4 is 5.73 Å². The third kappa shape index (κ3) is 3.32. The number of pyridine rings is 1. The molecule has 0 radical (unpaired) electrons. The predicted octanol–water partition coefficient (Wildman–Crippen LogP) is 5.02. The standard InChI is InChI=1S/C26H27N5O2S/c1-14-24-19(13-33-14)17-9-15(7-8-20(17)29-25(24)27)26(32)31(3)21-5-4-6-22-18(21)10-23(34-22)16-11-28-30(2)12-16/h7-12,14,21H,4-6,13H2,1-3H3,(H2,27,29). The average molecular weight is 474 g/mol. The Morgan fingerprint density at radius 2 is 2.18 bits per heavy atom. The van der Waals surface area contributed by atoms with Crippen LogP contribution in [0.2, 0.25) is 0 Å². The molecule has 174 valence electrons. The molecule has 1 amide bonds. The summed E-state index contributed by atoms with van der Waals surface area (Å²) >= 11 is 1.82. The van der Waals surface area contributed by atoms with Gasteiger partial charge in [-0.15, -0.1) is 11.3 Å². The van der Waals surface area contributed by atoms with Crippen molar-refractivity contribution in [3.63, 3.8) is 0 Å². The Kier molecular flexibility index (Phi) is 4.97. The number of thiophene rings is 1. The maximum Gasteiger partial charge on any atom is 0.254 e. The van der Waals surface area contributed by atoms with Gasteiger partial charge < -0.3 is 15.4 Å². The van der Waals surface area contributed by atoms with Crippen LogP contribution in [-0.2, 0) is 24.8 Å². The second-order valence-electron chi connectivity index (χ2n) is 9.29. The number of nitrogens with two attached hydrogens (primary N) is 1. The molecule has 8 heteroatoms. The minimum atomic E-state index is -0.0813. The number of benzene rings is 1. The average Bonchev–Trinajstić information content (AvgIpc) is 3.56. The zero-order valence-electron chi connectivity index (χ0n) is 19.5. The highest BCUT2D eigenvalue weighted by molar-refractivity contribution is 7.15. The molecule has 1 aromatic carbocycles. The van der Waals surface area contributed by atoms with Gasteiger partial charge in [0, 0.05) is 52.1 Å². The van der Waals surface area contributed by atoms with Crippen molar-refractivity contribution in [1.29, 1.82) is 0 Å². The molecule has 2 unspecified atom stereocenters. The summed E-state index contributed by atoms with van der Waals surface area (Å²) in [5.41, 5.74) is 12.0. The molecule has 7 nitrogen and oxygen atoms in total. The van der Waals surface area contributed by atoms with Gasteiger partial charge in [0.15, 0.2) is 0 Å². The summed E-state index contributed by atoms with van der Waals surface area (Å²) in [6.45, 7) is 2.48. The number of ether oxygens (including phenoxy) is 1. The zero-order valence-corrected chi connectivity index (χ0v) is 20.4. The van der Waals surface area contributed by atoms with E-state index in [2.05, 4.69) is 16.1 Å². The summed E-state index contributed by atoms with van der Waals surface area (Å²) < 4.78 is 7.64. The van der Waals surface area contributed by atoms with Gasteiger partial charge in [0.05, 0.1) is 30.5 Å². The lowest BCUT2D eigenvalue weighted by Gasteiger charge is -2.31. The normalized spacial score (nSPS) is 19.3. The summed E-state index contributed by atoms with van der Waals surface area (Å²) in [5.74, 6) is 0.534. The van der Waals surface area contributed by atoms with E-state index in [1.54, 1.807) is 0 Å². The van der Waals surface area contributed by atoms with E-state index in [1.807, 2.05) is 72.5 Å². The lowest BCUT2D eigenvalue weighted by molar-refractivity contribution is 0.0715. The topological polar surface area (TPSA) is 86.3 Å². The number of amides is 1. The van der Waals surface area contributed by atoms with Crippen molar-refractivity contribution in [2.75, 3.05) is 12.8 Å². The van der Waals surface area contributed by atoms with E-state index >= 15 is 0 Å². The Balaban J connectivity index is 1.34. The van der Waals surface area contributed by atoms with E-state index in [-0.39, 0.29) is 18.1 Å². The fourth-order valence-corrected chi connectivity index (χ4v) is 6.60. The highest BCUT2D eigenvalue weighted by Crippen LogP contribution is 2.43. The van der Waals surface area contributed by atoms with Crippen molar-refractivity contribution in [1.82, 2.24) is 19.7 Å². The van der Waals surface area contributed by atoms with Gasteiger partial charge in [-0.1, -0.05) is 0 Å². The molecule has 2 atom stereocenters. The molecule has 0 spiro atoms. The van der Waals surface area contributed by atoms with Crippen LogP contribution in [-0.4, -0.2) is 32.6 Å². The molecule has 2 aliphatic rings. The van der Waals surface area contributed by atoms with E-state index < -0.39 is 0 Å². The molecular weight excluding hydrogens is 446 g/mol. The molecule has 1 aliphatic carbocycles. The molecule has 2 N–H and O–H groups in total. The number of hydrogen-bond donors (Lipinski definition) is 1. The van der Waals surface area contributed by atoms with Crippen LogP contribution in [0.15, 0.2) is 36.7 Å². The Morgan fingerprint density at radius 3 is 2.97 bits per heavy atom. The fourth-order valence-electron chi connectivity index (χ4n) is 5.37. The first kappa shape index (κ1) is 21.3. The summed E-state index contributed by atoms with van der Waals surface area (Å²) in [6.07, 6.45) is 6.96. The van der Waals surface area contributed by atoms with Crippen molar-refractivity contribution in [2.45, 2.75) is 44.9 Å². The highest BCUT2D eigenvalue weighted by Gasteiger charge is 2.31. The number of fused-ring (bicyclic) bond motifs is 4. The molecule has 0 saturated heterocycles. The number of nitrogen functional groups attached to an aromatic ring is 1. The van der Waals surface area contributed by atoms with E-state index in [0.29, 0.717) is 18.0 Å². The van der Waals surface area contributed by atoms with Crippen molar-refractivity contribution in [3.8, 4) is 10.4 Å². The first-order valence-electron chi connectivity index (χ1n) is 11.6. The summed E-state index contributed by atoms with van der Waals surface area (Å²) in [5, 5.41) is 5.27. The Hall–Kier alpha value is -3.23. The summed E-state index contributed by atoms with van der Waals surface area (Å²) in [7, 11) is 3.85. The van der Waals surface area contributed by atoms with Crippen LogP contribution in [0.1, 0.15) is 63.8 Å². The molecule has 1 aliphatic heterocycles. The molecule has 3 aromatic heterocycles. The highest BCUT2D eigenvalue weighted by atomic mass is 32.1. The van der Waals surface area contributed by atoms with Crippen LogP contribution in [0.4, 0.5) is 5.82 Å². The van der Waals surface area contributed by atoms with Crippen LogP contribution in [0.5, 0.6) is 0 Å². The number of nitrogens with zero attached hydrogens (tertiary/aromatic N) is 4. The Labute approximate surface area is 202 Å². The molecule has 4 heterocycles. The van der Waals surface area contributed by atoms with Gasteiger partial charge in [-0.05, 0) is 61.6 Å². The van der Waals surface area contributed by atoms with Crippen molar-refractivity contribution in [3.05, 3.63) is 63.8 Å². The number of rotatable bonds is 3. The molecule has 6 rings (SSSR count). The van der Waals surface area contributed by atoms with Crippen LogP contribution in [0.25, 0.3) is 21.3 Å². The maximum atomic E-state index is 13.6. The summed E-state index contributed by atoms with van der Waals surface area (Å²) in [6, 6.07) is 8.03. The quantitative estimate of drug-likeness (QED) is 0.452. The van der Waals surface area contributed by atoms with Gasteiger partial charge >= 0.3 is 0 Å². The second-order valence-corrected chi connectivity index (χ2v) is 10.4. The Morgan fingerprint density at radius 1 is 1.32 bits per heavy atom. The van der Waals surface area contributed by atoms with Gasteiger partial charge in [0.1, 0.15) is 5.82 Å². The number of aromatic nitrogens is 3. The van der Waals surface area contributed by atoms with Crippen molar-refractivity contribution in [2.24, 2.45) is 7.05 Å². The molecule has 0 fully saturated rings. The number of carbonyl (C=O) groups excluding carboxylic acids is 1. The third-order valence-corrected chi connectivity index (χ3v) is 8.41. The molecule has 0 bridgehead atoms. The van der Waals surface area contributed by atoms with E-state index in [4.69, 9.17) is 10.5 Å². The number of aryl methyl sites for hydroxylation is 2. The molecule has 4 aromatic rings. The largest absolute Gasteiger partial charge is 0.383 e. The molecule has 0 saturated carbocycles. The SMILES string of the molecule is CC1OCc2c1c(N)nc1ccc(C(=O)N(C)C3CCCc4sc(-c5cnn(C)c5)cc43)cc21. The monoisotopic (exact) mass is 473 g/mol. The lowest BCUT2D eigenvalue weighted by Crippen LogP contribution is -2.32. The van der Waals surface area contributed by atoms with E-state index in [9.17, 15) is 4.79 Å². The smallest absolute Gasteiger partial charge is 0.254 e. The van der Waals surface area contributed by atoms with Crippen LogP contribution >= 0.6 is 11.3 Å². The first-order valence-corrected chi connectivity index (χ1v) is 12.4. The van der Waals surface area contributed by atoms with Crippen LogP contribution in [0, 0.1) is 0 Å². The summed E-state index contributed by atoms with van der Waals surface area (Å²) in [4.78, 5) is 22.7. The number of anilines is 1. The van der Waals surface area contributed by atoms with Crippen LogP contribution in [0.3, 0.4) is 0 Å². The second kappa shape index (κ2) is 7.92. The zero-order chi connectivity index (χ0) is 23.6. The van der Waals surface area contributed by atoms with Gasteiger partial charge in [-0.2, -0.15) is 5.10 Å². The first-order chi connectivity index (χ1) is 16.4. The van der Waals surface area contributed by atoms with Gasteiger partial charge in [-0.25, -0.2) is 4.98 Å². The fraction of sp³-hybridized carbons (Fsp3) is 0.346. The molecular formula is C26H27N5O2S. The van der Waals surface area contributed by atoms with E-state index in [0.717, 1.165) is 46.9 Å². The van der Waals surface area contributed by atoms with Crippen molar-refractivity contribution < 1.29 is 9.53 Å². The minimum Gasteiger partial charge on any atom is -0.383 e. The lowest BCUT2D eigenvalue weighted by atomic mass is 9.92. The van der Waals surface area contributed by atoms with Gasteiger partial charge in [0.25, 0.3) is 5.91 Å². The number of carbonyl (C=O) groups is 1.